The third-order valence-electron chi connectivity index (χ3n) is 4.12. The standard InChI is InChI=1S/C14H21N3O7/c1-13(2)21-8-7(6(16-17-15)11(18)19-5)20-12-10(9(8)22-13)23-14(3,4)24-12/h6-10,12H,1-5H3/t6-,7+,8-,9-,10+,12+/m0/s1. The van der Waals surface area contributed by atoms with Crippen LogP contribution in [0, 0.1) is 0 Å². The van der Waals surface area contributed by atoms with Gasteiger partial charge in [-0.1, -0.05) is 5.11 Å². The van der Waals surface area contributed by atoms with Gasteiger partial charge < -0.3 is 28.4 Å². The summed E-state index contributed by atoms with van der Waals surface area (Å²) >= 11 is 0. The van der Waals surface area contributed by atoms with Crippen LogP contribution in [0.1, 0.15) is 27.7 Å². The first-order chi connectivity index (χ1) is 11.2. The average Bonchev–Trinajstić information content (AvgIpc) is 2.97. The molecule has 0 aliphatic carbocycles. The Morgan fingerprint density at radius 3 is 2.29 bits per heavy atom. The Hall–Kier alpha value is -1.42. The summed E-state index contributed by atoms with van der Waals surface area (Å²) in [6.45, 7) is 7.01. The molecule has 0 amide bonds. The summed E-state index contributed by atoms with van der Waals surface area (Å²) < 4.78 is 34.0. The predicted molar refractivity (Wildman–Crippen MR) is 77.5 cm³/mol. The van der Waals surface area contributed by atoms with Crippen LogP contribution in [-0.4, -0.2) is 61.4 Å². The molecule has 0 aromatic rings. The van der Waals surface area contributed by atoms with E-state index in [0.717, 1.165) is 0 Å². The van der Waals surface area contributed by atoms with Gasteiger partial charge in [0.15, 0.2) is 23.9 Å². The fourth-order valence-electron chi connectivity index (χ4n) is 3.32. The van der Waals surface area contributed by atoms with Gasteiger partial charge in [-0.25, -0.2) is 0 Å². The number of carbonyl (C=O) groups excluding carboxylic acids is 1. The van der Waals surface area contributed by atoms with Crippen LogP contribution in [-0.2, 0) is 33.2 Å². The number of hydrogen-bond acceptors (Lipinski definition) is 8. The van der Waals surface area contributed by atoms with E-state index in [1.807, 2.05) is 0 Å². The first kappa shape index (κ1) is 17.4. The van der Waals surface area contributed by atoms with Gasteiger partial charge in [0, 0.05) is 4.91 Å². The minimum Gasteiger partial charge on any atom is -0.469 e. The smallest absolute Gasteiger partial charge is 0.317 e. The largest absolute Gasteiger partial charge is 0.469 e. The number of fused-ring (bicyclic) bond motifs is 3. The van der Waals surface area contributed by atoms with Crippen molar-refractivity contribution in [3.63, 3.8) is 0 Å². The topological polar surface area (TPSA) is 121 Å². The number of nitrogens with zero attached hydrogens (tertiary/aromatic N) is 3. The summed E-state index contributed by atoms with van der Waals surface area (Å²) in [5.41, 5.74) is 8.79. The Bertz CT molecular complexity index is 575. The van der Waals surface area contributed by atoms with Gasteiger partial charge >= 0.3 is 5.97 Å². The van der Waals surface area contributed by atoms with Crippen LogP contribution in [0.5, 0.6) is 0 Å². The van der Waals surface area contributed by atoms with E-state index in [2.05, 4.69) is 10.0 Å². The number of carbonyl (C=O) groups is 1. The number of ether oxygens (including phenoxy) is 6. The lowest BCUT2D eigenvalue weighted by Gasteiger charge is -2.38. The fourth-order valence-corrected chi connectivity index (χ4v) is 3.32. The molecule has 3 rings (SSSR count). The molecule has 0 unspecified atom stereocenters. The molecular formula is C14H21N3O7. The molecule has 0 spiro atoms. The Labute approximate surface area is 138 Å². The maximum Gasteiger partial charge on any atom is 0.317 e. The Morgan fingerprint density at radius 2 is 1.67 bits per heavy atom. The van der Waals surface area contributed by atoms with E-state index in [1.165, 1.54) is 7.11 Å². The molecule has 0 saturated carbocycles. The van der Waals surface area contributed by atoms with Crippen molar-refractivity contribution in [2.45, 2.75) is 76.0 Å². The maximum atomic E-state index is 12.0. The average molecular weight is 343 g/mol. The zero-order chi connectivity index (χ0) is 17.7. The highest BCUT2D eigenvalue weighted by Gasteiger charge is 2.62. The fraction of sp³-hybridized carbons (Fsp3) is 0.929. The monoisotopic (exact) mass is 343 g/mol. The summed E-state index contributed by atoms with van der Waals surface area (Å²) in [7, 11) is 1.21. The van der Waals surface area contributed by atoms with E-state index in [0.29, 0.717) is 0 Å². The molecule has 3 saturated heterocycles. The summed E-state index contributed by atoms with van der Waals surface area (Å²) in [4.78, 5) is 14.8. The minimum atomic E-state index is -1.22. The van der Waals surface area contributed by atoms with E-state index in [4.69, 9.17) is 34.0 Å². The molecule has 3 fully saturated rings. The molecule has 3 aliphatic heterocycles. The van der Waals surface area contributed by atoms with Crippen molar-refractivity contribution in [2.24, 2.45) is 5.11 Å². The Morgan fingerprint density at radius 1 is 1.08 bits per heavy atom. The Kier molecular flexibility index (Phi) is 4.23. The zero-order valence-electron chi connectivity index (χ0n) is 14.2. The molecule has 0 radical (unpaired) electrons. The summed E-state index contributed by atoms with van der Waals surface area (Å²) in [5.74, 6) is -2.50. The number of hydrogen-bond donors (Lipinski definition) is 0. The SMILES string of the molecule is COC(=O)[C@@H](N=[N+]=[N-])[C@H]1O[C@@H]2OC(C)(C)O[C@@H]2[C@H]2OC(C)(C)O[C@H]21. The van der Waals surface area contributed by atoms with Crippen LogP contribution >= 0.6 is 0 Å². The second kappa shape index (κ2) is 5.83. The van der Waals surface area contributed by atoms with Gasteiger partial charge in [0.05, 0.1) is 7.11 Å². The molecule has 0 aromatic heterocycles. The van der Waals surface area contributed by atoms with Crippen molar-refractivity contribution >= 4 is 5.97 Å². The van der Waals surface area contributed by atoms with Gasteiger partial charge in [-0.05, 0) is 33.2 Å². The highest BCUT2D eigenvalue weighted by molar-refractivity contribution is 5.76. The summed E-state index contributed by atoms with van der Waals surface area (Å²) in [5, 5.41) is 3.53. The van der Waals surface area contributed by atoms with Crippen molar-refractivity contribution < 1.29 is 33.2 Å². The van der Waals surface area contributed by atoms with E-state index >= 15 is 0 Å². The highest BCUT2D eigenvalue weighted by atomic mass is 16.9. The molecule has 0 bridgehead atoms. The second-order valence-electron chi connectivity index (χ2n) is 6.81. The molecule has 0 aromatic carbocycles. The lowest BCUT2D eigenvalue weighted by molar-refractivity contribution is -0.238. The quantitative estimate of drug-likeness (QED) is 0.327. The number of rotatable bonds is 3. The van der Waals surface area contributed by atoms with Gasteiger partial charge in [0.2, 0.25) is 0 Å². The van der Waals surface area contributed by atoms with Gasteiger partial charge in [0.1, 0.15) is 24.4 Å². The normalized spacial score (nSPS) is 40.1. The van der Waals surface area contributed by atoms with Gasteiger partial charge in [-0.15, -0.1) is 0 Å². The highest BCUT2D eigenvalue weighted by Crippen LogP contribution is 2.45. The lowest BCUT2D eigenvalue weighted by atomic mass is 9.94. The van der Waals surface area contributed by atoms with Gasteiger partial charge in [0.25, 0.3) is 0 Å². The van der Waals surface area contributed by atoms with Crippen LogP contribution < -0.4 is 0 Å². The molecule has 0 N–H and O–H groups in total. The van der Waals surface area contributed by atoms with E-state index < -0.39 is 54.3 Å². The molecule has 134 valence electrons. The molecule has 3 heterocycles. The Balaban J connectivity index is 1.95. The van der Waals surface area contributed by atoms with Gasteiger partial charge in [-0.3, -0.25) is 4.79 Å². The predicted octanol–water partition coefficient (Wildman–Crippen LogP) is 1.23. The van der Waals surface area contributed by atoms with E-state index in [9.17, 15) is 4.79 Å². The third kappa shape index (κ3) is 2.97. The number of esters is 1. The number of methoxy groups -OCH3 is 1. The summed E-state index contributed by atoms with van der Waals surface area (Å²) in [6.07, 6.45) is -3.42. The molecule has 6 atom stereocenters. The van der Waals surface area contributed by atoms with Crippen LogP contribution in [0.4, 0.5) is 0 Å². The van der Waals surface area contributed by atoms with Crippen molar-refractivity contribution in [1.29, 1.82) is 0 Å². The van der Waals surface area contributed by atoms with Crippen LogP contribution in [0.15, 0.2) is 5.11 Å². The molecule has 3 aliphatic rings. The maximum absolute atomic E-state index is 12.0. The van der Waals surface area contributed by atoms with Crippen molar-refractivity contribution in [3.05, 3.63) is 10.4 Å². The number of azide groups is 1. The van der Waals surface area contributed by atoms with Crippen molar-refractivity contribution in [1.82, 2.24) is 0 Å². The van der Waals surface area contributed by atoms with E-state index in [1.54, 1.807) is 27.7 Å². The molecular weight excluding hydrogens is 322 g/mol. The zero-order valence-corrected chi connectivity index (χ0v) is 14.2. The molecule has 10 nitrogen and oxygen atoms in total. The molecule has 10 heteroatoms. The van der Waals surface area contributed by atoms with Crippen LogP contribution in [0.2, 0.25) is 0 Å². The van der Waals surface area contributed by atoms with Crippen molar-refractivity contribution in [3.8, 4) is 0 Å². The van der Waals surface area contributed by atoms with Crippen LogP contribution in [0.25, 0.3) is 10.4 Å². The van der Waals surface area contributed by atoms with Crippen molar-refractivity contribution in [2.75, 3.05) is 7.11 Å². The minimum absolute atomic E-state index is 0.521. The molecule has 24 heavy (non-hydrogen) atoms. The van der Waals surface area contributed by atoms with Gasteiger partial charge in [-0.2, -0.15) is 0 Å². The lowest BCUT2D eigenvalue weighted by Crippen LogP contribution is -2.59. The first-order valence-corrected chi connectivity index (χ1v) is 7.66. The first-order valence-electron chi connectivity index (χ1n) is 7.66. The summed E-state index contributed by atoms with van der Waals surface area (Å²) in [6, 6.07) is -1.22. The van der Waals surface area contributed by atoms with Crippen LogP contribution in [0.3, 0.4) is 0 Å². The van der Waals surface area contributed by atoms with E-state index in [-0.39, 0.29) is 0 Å². The third-order valence-corrected chi connectivity index (χ3v) is 4.12. The second-order valence-corrected chi connectivity index (χ2v) is 6.81.